The molecule has 1 atom stereocenters. The van der Waals surface area contributed by atoms with Crippen LogP contribution < -0.4 is 9.62 Å². The lowest BCUT2D eigenvalue weighted by Gasteiger charge is -2.26. The van der Waals surface area contributed by atoms with E-state index >= 15 is 0 Å². The second-order valence-corrected chi connectivity index (χ2v) is 10.0. The molecule has 0 heterocycles. The quantitative estimate of drug-likeness (QED) is 0.511. The monoisotopic (exact) mass is 489 g/mol. The Morgan fingerprint density at radius 2 is 1.67 bits per heavy atom. The van der Waals surface area contributed by atoms with Crippen LogP contribution in [0.3, 0.4) is 0 Å². The number of benzene rings is 3. The maximum Gasteiger partial charge on any atom is 0.264 e. The molecule has 0 saturated heterocycles. The van der Waals surface area contributed by atoms with E-state index in [9.17, 15) is 17.6 Å². The van der Waals surface area contributed by atoms with Crippen molar-refractivity contribution >= 4 is 33.2 Å². The van der Waals surface area contributed by atoms with E-state index in [0.29, 0.717) is 5.69 Å². The molecule has 0 spiro atoms. The average molecular weight is 490 g/mol. The topological polar surface area (TPSA) is 69.7 Å². The van der Waals surface area contributed by atoms with Gasteiger partial charge in [0.2, 0.25) is 0 Å². The number of likely N-dealkylation sites (N-methyl/N-ethyl adjacent to an activating group) is 1. The van der Waals surface area contributed by atoms with Gasteiger partial charge in [-0.15, -0.1) is 0 Å². The number of nitrogens with one attached hydrogen (secondary N) is 1. The summed E-state index contributed by atoms with van der Waals surface area (Å²) in [6.45, 7) is 0.0768. The number of para-hydroxylation sites is 1. The number of rotatable bonds is 8. The average Bonchev–Trinajstić information content (AvgIpc) is 2.80. The molecule has 0 unspecified atom stereocenters. The summed E-state index contributed by atoms with van der Waals surface area (Å²) in [5.74, 6) is -0.943. The third kappa shape index (κ3) is 5.52. The van der Waals surface area contributed by atoms with Gasteiger partial charge in [0.25, 0.3) is 15.9 Å². The molecule has 3 aromatic rings. The van der Waals surface area contributed by atoms with Crippen molar-refractivity contribution in [2.24, 2.45) is 0 Å². The zero-order valence-electron chi connectivity index (χ0n) is 18.5. The van der Waals surface area contributed by atoms with Crippen LogP contribution >= 0.6 is 11.6 Å². The summed E-state index contributed by atoms with van der Waals surface area (Å²) in [5.41, 5.74) is 0.961. The standard InChI is InChI=1S/C24H25ClFN3O3S/c1-28(2)22(23-20(25)13-8-14-21(23)26)16-27-24(30)17-9-7-12-19(15-17)33(31,32)29(3)18-10-5-4-6-11-18/h4-15,22H,16H2,1-3H3,(H,27,30)/t22-/m0/s1. The van der Waals surface area contributed by atoms with Crippen molar-refractivity contribution in [2.75, 3.05) is 32.0 Å². The van der Waals surface area contributed by atoms with Crippen LogP contribution in [0.1, 0.15) is 22.0 Å². The number of carbonyl (C=O) groups is 1. The molecule has 0 aliphatic heterocycles. The summed E-state index contributed by atoms with van der Waals surface area (Å²) >= 11 is 6.20. The van der Waals surface area contributed by atoms with Crippen molar-refractivity contribution in [3.63, 3.8) is 0 Å². The van der Waals surface area contributed by atoms with Crippen LogP contribution in [0.15, 0.2) is 77.7 Å². The van der Waals surface area contributed by atoms with E-state index in [1.807, 2.05) is 0 Å². The van der Waals surface area contributed by atoms with E-state index in [-0.39, 0.29) is 27.6 Å². The molecule has 0 saturated carbocycles. The second kappa shape index (κ2) is 10.3. The number of hydrogen-bond donors (Lipinski definition) is 1. The number of nitrogens with zero attached hydrogens (tertiary/aromatic N) is 2. The molecule has 1 N–H and O–H groups in total. The van der Waals surface area contributed by atoms with E-state index in [4.69, 9.17) is 11.6 Å². The minimum atomic E-state index is -3.87. The Kier molecular flexibility index (Phi) is 7.73. The summed E-state index contributed by atoms with van der Waals surface area (Å²) < 4.78 is 41.7. The minimum Gasteiger partial charge on any atom is -0.350 e. The van der Waals surface area contributed by atoms with E-state index in [1.165, 1.54) is 43.4 Å². The van der Waals surface area contributed by atoms with Crippen LogP contribution in [0, 0.1) is 5.82 Å². The summed E-state index contributed by atoms with van der Waals surface area (Å²) in [5, 5.41) is 3.02. The first-order chi connectivity index (χ1) is 15.6. The van der Waals surface area contributed by atoms with E-state index < -0.39 is 27.8 Å². The highest BCUT2D eigenvalue weighted by atomic mass is 35.5. The van der Waals surface area contributed by atoms with Crippen molar-refractivity contribution in [1.82, 2.24) is 10.2 Å². The predicted octanol–water partition coefficient (Wildman–Crippen LogP) is 4.34. The molecule has 3 rings (SSSR count). The van der Waals surface area contributed by atoms with Crippen LogP contribution in [-0.2, 0) is 10.0 Å². The molecule has 174 valence electrons. The molecule has 6 nitrogen and oxygen atoms in total. The highest BCUT2D eigenvalue weighted by molar-refractivity contribution is 7.92. The molecule has 0 radical (unpaired) electrons. The molecule has 9 heteroatoms. The molecule has 0 aliphatic rings. The van der Waals surface area contributed by atoms with Gasteiger partial charge in [0.05, 0.1) is 16.6 Å². The summed E-state index contributed by atoms with van der Waals surface area (Å²) in [7, 11) is 1.10. The smallest absolute Gasteiger partial charge is 0.264 e. The van der Waals surface area contributed by atoms with Gasteiger partial charge in [0.1, 0.15) is 5.82 Å². The first-order valence-corrected chi connectivity index (χ1v) is 12.0. The fourth-order valence-corrected chi connectivity index (χ4v) is 4.93. The fraction of sp³-hybridized carbons (Fsp3) is 0.208. The van der Waals surface area contributed by atoms with E-state index in [1.54, 1.807) is 55.4 Å². The van der Waals surface area contributed by atoms with Crippen LogP contribution in [0.5, 0.6) is 0 Å². The first-order valence-electron chi connectivity index (χ1n) is 10.2. The molecule has 3 aromatic carbocycles. The van der Waals surface area contributed by atoms with Crippen molar-refractivity contribution < 1.29 is 17.6 Å². The highest BCUT2D eigenvalue weighted by Crippen LogP contribution is 2.28. The van der Waals surface area contributed by atoms with Gasteiger partial charge in [-0.05, 0) is 56.6 Å². The molecule has 0 aromatic heterocycles. The van der Waals surface area contributed by atoms with Gasteiger partial charge < -0.3 is 10.2 Å². The Bertz CT molecular complexity index is 1220. The molecule has 0 bridgehead atoms. The Hall–Kier alpha value is -2.94. The molecule has 33 heavy (non-hydrogen) atoms. The third-order valence-corrected chi connectivity index (χ3v) is 7.40. The summed E-state index contributed by atoms with van der Waals surface area (Å²) in [6, 6.07) is 18.4. The number of amides is 1. The van der Waals surface area contributed by atoms with Crippen molar-refractivity contribution in [3.8, 4) is 0 Å². The maximum absolute atomic E-state index is 14.4. The normalized spacial score (nSPS) is 12.4. The Morgan fingerprint density at radius 3 is 2.30 bits per heavy atom. The Labute approximate surface area is 198 Å². The number of halogens is 2. The highest BCUT2D eigenvalue weighted by Gasteiger charge is 2.24. The number of carbonyl (C=O) groups excluding carboxylic acids is 1. The van der Waals surface area contributed by atoms with Crippen LogP contribution in [-0.4, -0.2) is 46.9 Å². The predicted molar refractivity (Wildman–Crippen MR) is 129 cm³/mol. The summed E-state index contributed by atoms with van der Waals surface area (Å²) in [6.07, 6.45) is 0. The number of anilines is 1. The van der Waals surface area contributed by atoms with Crippen LogP contribution in [0.2, 0.25) is 5.02 Å². The van der Waals surface area contributed by atoms with E-state index in [0.717, 1.165) is 4.31 Å². The Morgan fingerprint density at radius 1 is 1.00 bits per heavy atom. The van der Waals surface area contributed by atoms with Crippen molar-refractivity contribution in [2.45, 2.75) is 10.9 Å². The summed E-state index contributed by atoms with van der Waals surface area (Å²) in [4.78, 5) is 14.6. The van der Waals surface area contributed by atoms with E-state index in [2.05, 4.69) is 5.32 Å². The van der Waals surface area contributed by atoms with Crippen molar-refractivity contribution in [3.05, 3.63) is 94.8 Å². The maximum atomic E-state index is 14.4. The molecule has 1 amide bonds. The zero-order chi connectivity index (χ0) is 24.2. The minimum absolute atomic E-state index is 0.0113. The fourth-order valence-electron chi connectivity index (χ4n) is 3.40. The van der Waals surface area contributed by atoms with Crippen LogP contribution in [0.25, 0.3) is 0 Å². The van der Waals surface area contributed by atoms with Gasteiger partial charge in [0, 0.05) is 29.7 Å². The molecular formula is C24H25ClFN3O3S. The van der Waals surface area contributed by atoms with Crippen molar-refractivity contribution in [1.29, 1.82) is 0 Å². The van der Waals surface area contributed by atoms with Gasteiger partial charge in [0.15, 0.2) is 0 Å². The molecule has 0 aliphatic carbocycles. The lowest BCUT2D eigenvalue weighted by Crippen LogP contribution is -2.35. The Balaban J connectivity index is 1.81. The first kappa shape index (κ1) is 24.7. The molecular weight excluding hydrogens is 465 g/mol. The number of hydrogen-bond acceptors (Lipinski definition) is 4. The zero-order valence-corrected chi connectivity index (χ0v) is 20.1. The van der Waals surface area contributed by atoms with Gasteiger partial charge in [-0.25, -0.2) is 12.8 Å². The largest absolute Gasteiger partial charge is 0.350 e. The van der Waals surface area contributed by atoms with Gasteiger partial charge in [-0.1, -0.05) is 41.9 Å². The SMILES string of the molecule is CN(C)[C@@H](CNC(=O)c1cccc(S(=O)(=O)N(C)c2ccccc2)c1)c1c(F)cccc1Cl. The molecule has 0 fully saturated rings. The third-order valence-electron chi connectivity index (χ3n) is 5.29. The lowest BCUT2D eigenvalue weighted by molar-refractivity contribution is 0.0941. The van der Waals surface area contributed by atoms with Gasteiger partial charge in [-0.2, -0.15) is 0 Å². The lowest BCUT2D eigenvalue weighted by atomic mass is 10.0. The second-order valence-electron chi connectivity index (χ2n) is 7.66. The van der Waals surface area contributed by atoms with Gasteiger partial charge in [-0.3, -0.25) is 9.10 Å². The van der Waals surface area contributed by atoms with Crippen LogP contribution in [0.4, 0.5) is 10.1 Å². The number of sulfonamides is 1. The van der Waals surface area contributed by atoms with Gasteiger partial charge >= 0.3 is 0 Å².